The molecule has 2 aliphatic carbocycles. The number of rotatable bonds is 8. The second-order valence-corrected chi connectivity index (χ2v) is 12.9. The Hall–Kier alpha value is -3.09. The van der Waals surface area contributed by atoms with Crippen LogP contribution in [0.3, 0.4) is 0 Å². The van der Waals surface area contributed by atoms with Crippen molar-refractivity contribution in [1.29, 1.82) is 0 Å². The molecule has 13 heteroatoms. The molecule has 2 saturated carbocycles. The second-order valence-electron chi connectivity index (χ2n) is 12.9. The van der Waals surface area contributed by atoms with E-state index in [4.69, 9.17) is 9.97 Å². The fourth-order valence-electron chi connectivity index (χ4n) is 7.43. The molecular formula is C29H37F5N8. The normalized spacial score (nSPS) is 22.6. The highest BCUT2D eigenvalue weighted by Crippen LogP contribution is 2.64. The Labute approximate surface area is 241 Å². The number of alkyl halides is 5. The number of nitrogens with zero attached hydrogens (tertiary/aromatic N) is 7. The maximum absolute atomic E-state index is 14.0. The summed E-state index contributed by atoms with van der Waals surface area (Å²) in [5, 5.41) is 12.5. The molecule has 42 heavy (non-hydrogen) atoms. The standard InChI is InChI=1S/C29H37F5N8/c1-5-41-23(8-11-35-41)19(3)36-24(20-6-9-28(30,31)10-7-20)22-13-42-25(38-22)37-21(18(2)39-42)12-40-16-27(17-40)14-26(4,15-27)29(32,33)34/h8,11,13,20,24,36H,3,5-7,9-10,12,14-17H2,1-2,4H3. The van der Waals surface area contributed by atoms with Crippen LogP contribution >= 0.6 is 0 Å². The summed E-state index contributed by atoms with van der Waals surface area (Å²) < 4.78 is 71.5. The van der Waals surface area contributed by atoms with Crippen LogP contribution < -0.4 is 5.32 Å². The van der Waals surface area contributed by atoms with Gasteiger partial charge in [0, 0.05) is 45.2 Å². The van der Waals surface area contributed by atoms with Crippen LogP contribution in [0.15, 0.2) is 25.0 Å². The number of halogens is 5. The predicted octanol–water partition coefficient (Wildman–Crippen LogP) is 5.94. The molecule has 228 valence electrons. The highest BCUT2D eigenvalue weighted by molar-refractivity contribution is 5.59. The van der Waals surface area contributed by atoms with Crippen molar-refractivity contribution in [2.24, 2.45) is 16.7 Å². The Morgan fingerprint density at radius 3 is 2.50 bits per heavy atom. The van der Waals surface area contributed by atoms with Gasteiger partial charge in [-0.15, -0.1) is 0 Å². The van der Waals surface area contributed by atoms with Gasteiger partial charge in [-0.05, 0) is 56.9 Å². The summed E-state index contributed by atoms with van der Waals surface area (Å²) in [5.41, 5.74) is 1.69. The summed E-state index contributed by atoms with van der Waals surface area (Å²) in [6, 6.07) is 1.48. The average Bonchev–Trinajstić information content (AvgIpc) is 3.51. The van der Waals surface area contributed by atoms with Crippen molar-refractivity contribution in [3.05, 3.63) is 47.8 Å². The van der Waals surface area contributed by atoms with Crippen LogP contribution in [-0.4, -0.2) is 59.5 Å². The number of fused-ring (bicyclic) bond motifs is 1. The number of imidazole rings is 1. The van der Waals surface area contributed by atoms with Gasteiger partial charge in [-0.3, -0.25) is 9.58 Å². The number of hydrogen-bond donors (Lipinski definition) is 1. The Balaban J connectivity index is 1.20. The fourth-order valence-corrected chi connectivity index (χ4v) is 7.43. The maximum atomic E-state index is 14.0. The van der Waals surface area contributed by atoms with Gasteiger partial charge in [-0.25, -0.2) is 23.3 Å². The van der Waals surface area contributed by atoms with Crippen molar-refractivity contribution in [2.45, 2.75) is 90.5 Å². The van der Waals surface area contributed by atoms with Crippen LogP contribution in [0, 0.1) is 23.7 Å². The quantitative estimate of drug-likeness (QED) is 0.327. The first-order valence-electron chi connectivity index (χ1n) is 14.6. The van der Waals surface area contributed by atoms with Crippen molar-refractivity contribution in [3.8, 4) is 0 Å². The molecule has 1 spiro atoms. The third kappa shape index (κ3) is 5.17. The molecule has 0 radical (unpaired) electrons. The van der Waals surface area contributed by atoms with Gasteiger partial charge in [0.05, 0.1) is 46.1 Å². The van der Waals surface area contributed by atoms with Gasteiger partial charge in [-0.1, -0.05) is 13.5 Å². The average molecular weight is 593 g/mol. The van der Waals surface area contributed by atoms with E-state index in [2.05, 4.69) is 27.0 Å². The van der Waals surface area contributed by atoms with E-state index in [9.17, 15) is 22.0 Å². The number of aryl methyl sites for hydroxylation is 2. The minimum Gasteiger partial charge on any atom is -0.375 e. The first-order valence-corrected chi connectivity index (χ1v) is 14.6. The molecule has 1 atom stereocenters. The van der Waals surface area contributed by atoms with Crippen LogP contribution in [0.2, 0.25) is 0 Å². The van der Waals surface area contributed by atoms with Crippen molar-refractivity contribution in [1.82, 2.24) is 39.6 Å². The van der Waals surface area contributed by atoms with Gasteiger partial charge in [0.25, 0.3) is 5.78 Å². The zero-order valence-corrected chi connectivity index (χ0v) is 24.2. The number of likely N-dealkylation sites (tertiary alicyclic amines) is 1. The first-order chi connectivity index (χ1) is 19.7. The largest absolute Gasteiger partial charge is 0.394 e. The molecule has 1 unspecified atom stereocenters. The molecule has 3 fully saturated rings. The van der Waals surface area contributed by atoms with Crippen LogP contribution in [0.4, 0.5) is 22.0 Å². The molecule has 4 heterocycles. The molecular weight excluding hydrogens is 555 g/mol. The van der Waals surface area contributed by atoms with E-state index in [0.29, 0.717) is 61.9 Å². The highest BCUT2D eigenvalue weighted by Gasteiger charge is 2.67. The van der Waals surface area contributed by atoms with Crippen LogP contribution in [-0.2, 0) is 13.1 Å². The smallest absolute Gasteiger partial charge is 0.375 e. The second kappa shape index (κ2) is 9.99. The Kier molecular flexibility index (Phi) is 6.90. The van der Waals surface area contributed by atoms with Crippen LogP contribution in [0.1, 0.15) is 81.2 Å². The molecule has 3 aliphatic rings. The van der Waals surface area contributed by atoms with E-state index in [1.54, 1.807) is 16.9 Å². The molecule has 1 aliphatic heterocycles. The summed E-state index contributed by atoms with van der Waals surface area (Å²) in [7, 11) is 0. The summed E-state index contributed by atoms with van der Waals surface area (Å²) in [4.78, 5) is 11.7. The minimum absolute atomic E-state index is 0.0908. The molecule has 1 N–H and O–H groups in total. The van der Waals surface area contributed by atoms with Crippen molar-refractivity contribution in [2.75, 3.05) is 13.1 Å². The first kappa shape index (κ1) is 29.0. The van der Waals surface area contributed by atoms with E-state index < -0.39 is 17.5 Å². The van der Waals surface area contributed by atoms with Gasteiger partial charge >= 0.3 is 6.18 Å². The number of hydrogen-bond acceptors (Lipinski definition) is 6. The van der Waals surface area contributed by atoms with Gasteiger partial charge in [0.2, 0.25) is 5.92 Å². The third-order valence-electron chi connectivity index (χ3n) is 9.51. The lowest BCUT2D eigenvalue weighted by Gasteiger charge is -2.63. The summed E-state index contributed by atoms with van der Waals surface area (Å²) >= 11 is 0. The predicted molar refractivity (Wildman–Crippen MR) is 146 cm³/mol. The van der Waals surface area contributed by atoms with Crippen LogP contribution in [0.25, 0.3) is 11.5 Å². The molecule has 8 nitrogen and oxygen atoms in total. The lowest BCUT2D eigenvalue weighted by atomic mass is 9.50. The lowest BCUT2D eigenvalue weighted by Crippen LogP contribution is -2.67. The van der Waals surface area contributed by atoms with E-state index in [-0.39, 0.29) is 43.1 Å². The van der Waals surface area contributed by atoms with E-state index >= 15 is 0 Å². The molecule has 3 aromatic rings. The number of nitrogens with one attached hydrogen (secondary N) is 1. The van der Waals surface area contributed by atoms with Gasteiger partial charge in [0.15, 0.2) is 0 Å². The van der Waals surface area contributed by atoms with Gasteiger partial charge in [0.1, 0.15) is 0 Å². The molecule has 3 aromatic heterocycles. The van der Waals surface area contributed by atoms with Crippen molar-refractivity contribution in [3.63, 3.8) is 0 Å². The molecule has 0 amide bonds. The van der Waals surface area contributed by atoms with Crippen molar-refractivity contribution >= 4 is 11.5 Å². The maximum Gasteiger partial charge on any atom is 0.394 e. The topological polar surface area (TPSA) is 76.2 Å². The highest BCUT2D eigenvalue weighted by atomic mass is 19.4. The van der Waals surface area contributed by atoms with Crippen molar-refractivity contribution < 1.29 is 22.0 Å². The third-order valence-corrected chi connectivity index (χ3v) is 9.51. The fraction of sp³-hybridized carbons (Fsp3) is 0.655. The Morgan fingerprint density at radius 1 is 1.17 bits per heavy atom. The molecule has 0 aromatic carbocycles. The zero-order chi connectivity index (χ0) is 30.1. The van der Waals surface area contributed by atoms with Gasteiger partial charge < -0.3 is 5.32 Å². The molecule has 0 bridgehead atoms. The van der Waals surface area contributed by atoms with Gasteiger partial charge in [-0.2, -0.15) is 23.4 Å². The SMILES string of the molecule is C=C(NC(c1cn2nc(C)c(CN3CC4(C3)CC(C)(C(F)(F)F)C4)nc2n1)C1CCC(F)(F)CC1)c1ccnn1CC. The summed E-state index contributed by atoms with van der Waals surface area (Å²) in [6.07, 6.45) is -0.0212. The zero-order valence-electron chi connectivity index (χ0n) is 24.2. The monoisotopic (exact) mass is 592 g/mol. The summed E-state index contributed by atoms with van der Waals surface area (Å²) in [5.74, 6) is -2.36. The summed E-state index contributed by atoms with van der Waals surface area (Å²) in [6.45, 7) is 11.7. The Morgan fingerprint density at radius 2 is 1.86 bits per heavy atom. The lowest BCUT2D eigenvalue weighted by molar-refractivity contribution is -0.294. The van der Waals surface area contributed by atoms with E-state index in [1.807, 2.05) is 24.6 Å². The Bertz CT molecular complexity index is 1470. The molecule has 1 saturated heterocycles. The van der Waals surface area contributed by atoms with Crippen LogP contribution in [0.5, 0.6) is 0 Å². The minimum atomic E-state index is -4.17. The number of aromatic nitrogens is 6. The molecule has 6 rings (SSSR count). The van der Waals surface area contributed by atoms with E-state index in [0.717, 1.165) is 11.4 Å². The van der Waals surface area contributed by atoms with E-state index in [1.165, 1.54) is 6.92 Å².